The molecular weight excluding hydrogens is 212 g/mol. The summed E-state index contributed by atoms with van der Waals surface area (Å²) in [6.45, 7) is 6.90. The van der Waals surface area contributed by atoms with Gasteiger partial charge < -0.3 is 16.0 Å². The van der Waals surface area contributed by atoms with Crippen LogP contribution in [0.5, 0.6) is 0 Å². The molecule has 1 aliphatic heterocycles. The molecule has 4 nitrogen and oxygen atoms in total. The lowest BCUT2D eigenvalue weighted by Crippen LogP contribution is -2.36. The van der Waals surface area contributed by atoms with Crippen LogP contribution in [-0.4, -0.2) is 36.1 Å². The van der Waals surface area contributed by atoms with Crippen LogP contribution in [0.1, 0.15) is 19.8 Å². The lowest BCUT2D eigenvalue weighted by atomic mass is 9.99. The summed E-state index contributed by atoms with van der Waals surface area (Å²) < 4.78 is 0. The minimum absolute atomic E-state index is 0.570. The molecule has 0 amide bonds. The van der Waals surface area contributed by atoms with E-state index in [4.69, 9.17) is 5.73 Å². The predicted molar refractivity (Wildman–Crippen MR) is 72.0 cm³/mol. The Morgan fingerprint density at radius 3 is 2.82 bits per heavy atom. The summed E-state index contributed by atoms with van der Waals surface area (Å²) in [6.07, 6.45) is 4.46. The predicted octanol–water partition coefficient (Wildman–Crippen LogP) is 1.81. The molecule has 0 aliphatic carbocycles. The van der Waals surface area contributed by atoms with Crippen LogP contribution >= 0.6 is 0 Å². The lowest BCUT2D eigenvalue weighted by Gasteiger charge is -2.30. The van der Waals surface area contributed by atoms with Crippen molar-refractivity contribution >= 4 is 11.5 Å². The number of nitrogens with zero attached hydrogens (tertiary/aromatic N) is 2. The van der Waals surface area contributed by atoms with Crippen LogP contribution in [0.4, 0.5) is 11.5 Å². The molecule has 0 unspecified atom stereocenters. The Hall–Kier alpha value is -1.29. The Morgan fingerprint density at radius 2 is 2.18 bits per heavy atom. The van der Waals surface area contributed by atoms with Crippen molar-refractivity contribution in [1.29, 1.82) is 0 Å². The number of nitrogens with one attached hydrogen (secondary N) is 1. The third-order valence-electron chi connectivity index (χ3n) is 3.42. The zero-order valence-electron chi connectivity index (χ0n) is 10.5. The first-order valence-corrected chi connectivity index (χ1v) is 6.42. The summed E-state index contributed by atoms with van der Waals surface area (Å²) in [5, 5.41) is 3.37. The molecule has 0 bridgehead atoms. The SMILES string of the molecule is CC1CCN(CCNc2ccc(N)nc2)CC1. The van der Waals surface area contributed by atoms with E-state index < -0.39 is 0 Å². The van der Waals surface area contributed by atoms with Gasteiger partial charge in [-0.3, -0.25) is 0 Å². The summed E-state index contributed by atoms with van der Waals surface area (Å²) in [4.78, 5) is 6.58. The van der Waals surface area contributed by atoms with E-state index in [2.05, 4.69) is 22.1 Å². The first-order chi connectivity index (χ1) is 8.24. The summed E-state index contributed by atoms with van der Waals surface area (Å²) in [5.74, 6) is 1.47. The summed E-state index contributed by atoms with van der Waals surface area (Å²) in [5.41, 5.74) is 6.58. The van der Waals surface area contributed by atoms with Crippen LogP contribution in [0.2, 0.25) is 0 Å². The van der Waals surface area contributed by atoms with Gasteiger partial charge in [0.05, 0.1) is 11.9 Å². The molecule has 94 valence electrons. The van der Waals surface area contributed by atoms with Crippen molar-refractivity contribution in [3.63, 3.8) is 0 Å². The molecule has 2 heterocycles. The topological polar surface area (TPSA) is 54.2 Å². The molecule has 0 aromatic carbocycles. The molecule has 17 heavy (non-hydrogen) atoms. The van der Waals surface area contributed by atoms with E-state index in [1.54, 1.807) is 6.20 Å². The first-order valence-electron chi connectivity index (χ1n) is 6.42. The fourth-order valence-corrected chi connectivity index (χ4v) is 2.15. The van der Waals surface area contributed by atoms with Crippen molar-refractivity contribution in [2.24, 2.45) is 5.92 Å². The Bertz CT molecular complexity index is 328. The third kappa shape index (κ3) is 3.89. The monoisotopic (exact) mass is 234 g/mol. The molecule has 1 aromatic heterocycles. The van der Waals surface area contributed by atoms with E-state index in [1.807, 2.05) is 12.1 Å². The molecular formula is C13H22N4. The molecule has 0 radical (unpaired) electrons. The summed E-state index contributed by atoms with van der Waals surface area (Å²) in [6, 6.07) is 3.80. The van der Waals surface area contributed by atoms with Gasteiger partial charge in [-0.1, -0.05) is 6.92 Å². The van der Waals surface area contributed by atoms with Gasteiger partial charge >= 0.3 is 0 Å². The minimum Gasteiger partial charge on any atom is -0.384 e. The number of anilines is 2. The quantitative estimate of drug-likeness (QED) is 0.834. The number of hydrogen-bond acceptors (Lipinski definition) is 4. The number of rotatable bonds is 4. The van der Waals surface area contributed by atoms with Gasteiger partial charge in [-0.05, 0) is 44.0 Å². The summed E-state index contributed by atoms with van der Waals surface area (Å²) in [7, 11) is 0. The maximum absolute atomic E-state index is 5.54. The highest BCUT2D eigenvalue weighted by atomic mass is 15.1. The Kier molecular flexibility index (Phi) is 4.20. The van der Waals surface area contributed by atoms with Gasteiger partial charge in [-0.25, -0.2) is 4.98 Å². The molecule has 1 saturated heterocycles. The van der Waals surface area contributed by atoms with Crippen molar-refractivity contribution in [3.8, 4) is 0 Å². The highest BCUT2D eigenvalue weighted by molar-refractivity contribution is 5.45. The average molecular weight is 234 g/mol. The second-order valence-electron chi connectivity index (χ2n) is 4.92. The van der Waals surface area contributed by atoms with Gasteiger partial charge in [0.15, 0.2) is 0 Å². The normalized spacial score (nSPS) is 18.2. The van der Waals surface area contributed by atoms with Crippen LogP contribution in [0.25, 0.3) is 0 Å². The number of hydrogen-bond donors (Lipinski definition) is 2. The van der Waals surface area contributed by atoms with Gasteiger partial charge in [0.25, 0.3) is 0 Å². The molecule has 4 heteroatoms. The standard InChI is InChI=1S/C13H22N4/c1-11-4-7-17(8-5-11)9-6-15-12-2-3-13(14)16-10-12/h2-3,10-11,15H,4-9H2,1H3,(H2,14,16). The van der Waals surface area contributed by atoms with Gasteiger partial charge in [-0.15, -0.1) is 0 Å². The summed E-state index contributed by atoms with van der Waals surface area (Å²) >= 11 is 0. The second kappa shape index (κ2) is 5.87. The number of nitrogen functional groups attached to an aromatic ring is 1. The molecule has 0 atom stereocenters. The maximum Gasteiger partial charge on any atom is 0.123 e. The van der Waals surface area contributed by atoms with Crippen molar-refractivity contribution in [1.82, 2.24) is 9.88 Å². The fraction of sp³-hybridized carbons (Fsp3) is 0.615. The highest BCUT2D eigenvalue weighted by Gasteiger charge is 2.14. The van der Waals surface area contributed by atoms with E-state index in [9.17, 15) is 0 Å². The van der Waals surface area contributed by atoms with E-state index >= 15 is 0 Å². The average Bonchev–Trinajstić information content (AvgIpc) is 2.34. The van der Waals surface area contributed by atoms with Crippen molar-refractivity contribution in [2.75, 3.05) is 37.2 Å². The minimum atomic E-state index is 0.570. The smallest absolute Gasteiger partial charge is 0.123 e. The van der Waals surface area contributed by atoms with E-state index in [0.717, 1.165) is 24.7 Å². The van der Waals surface area contributed by atoms with Gasteiger partial charge in [-0.2, -0.15) is 0 Å². The molecule has 1 aromatic rings. The number of pyridine rings is 1. The number of piperidine rings is 1. The Labute approximate surface area is 103 Å². The Morgan fingerprint density at radius 1 is 1.41 bits per heavy atom. The third-order valence-corrected chi connectivity index (χ3v) is 3.42. The van der Waals surface area contributed by atoms with Crippen LogP contribution in [-0.2, 0) is 0 Å². The van der Waals surface area contributed by atoms with Crippen LogP contribution in [0.15, 0.2) is 18.3 Å². The molecule has 0 spiro atoms. The van der Waals surface area contributed by atoms with Crippen LogP contribution in [0.3, 0.4) is 0 Å². The fourth-order valence-electron chi connectivity index (χ4n) is 2.15. The first kappa shape index (κ1) is 12.2. The van der Waals surface area contributed by atoms with E-state index in [0.29, 0.717) is 5.82 Å². The number of nitrogens with two attached hydrogens (primary N) is 1. The van der Waals surface area contributed by atoms with Crippen molar-refractivity contribution in [2.45, 2.75) is 19.8 Å². The zero-order valence-corrected chi connectivity index (χ0v) is 10.5. The largest absolute Gasteiger partial charge is 0.384 e. The highest BCUT2D eigenvalue weighted by Crippen LogP contribution is 2.15. The van der Waals surface area contributed by atoms with E-state index in [1.165, 1.54) is 25.9 Å². The molecule has 1 aliphatic rings. The molecule has 1 fully saturated rings. The second-order valence-corrected chi connectivity index (χ2v) is 4.92. The Balaban J connectivity index is 1.67. The van der Waals surface area contributed by atoms with Crippen molar-refractivity contribution in [3.05, 3.63) is 18.3 Å². The maximum atomic E-state index is 5.54. The zero-order chi connectivity index (χ0) is 12.1. The van der Waals surface area contributed by atoms with Crippen LogP contribution < -0.4 is 11.1 Å². The number of aromatic nitrogens is 1. The van der Waals surface area contributed by atoms with E-state index in [-0.39, 0.29) is 0 Å². The van der Waals surface area contributed by atoms with Crippen LogP contribution in [0, 0.1) is 5.92 Å². The van der Waals surface area contributed by atoms with Crippen molar-refractivity contribution < 1.29 is 0 Å². The van der Waals surface area contributed by atoms with Gasteiger partial charge in [0, 0.05) is 13.1 Å². The lowest BCUT2D eigenvalue weighted by molar-refractivity contribution is 0.199. The molecule has 0 saturated carbocycles. The number of likely N-dealkylation sites (tertiary alicyclic amines) is 1. The molecule has 3 N–H and O–H groups in total. The van der Waals surface area contributed by atoms with Gasteiger partial charge in [0.2, 0.25) is 0 Å². The molecule has 2 rings (SSSR count). The van der Waals surface area contributed by atoms with Gasteiger partial charge in [0.1, 0.15) is 5.82 Å².